The number of carbonyl (C=O) groups excluding carboxylic acids is 1. The Morgan fingerprint density at radius 1 is 1.23 bits per heavy atom. The van der Waals surface area contributed by atoms with Crippen LogP contribution in [0.3, 0.4) is 0 Å². The SMILES string of the molecule is CCOC(=O)N1CCC(NC(N)=NCCC(C)N2CCCCC2)CC1.I. The predicted molar refractivity (Wildman–Crippen MR) is 116 cm³/mol. The summed E-state index contributed by atoms with van der Waals surface area (Å²) >= 11 is 0. The zero-order chi connectivity index (χ0) is 18.1. The first-order valence-electron chi connectivity index (χ1n) is 9.82. The Labute approximate surface area is 175 Å². The summed E-state index contributed by atoms with van der Waals surface area (Å²) in [5, 5.41) is 3.30. The number of nitrogens with zero attached hydrogens (tertiary/aromatic N) is 3. The Hall–Kier alpha value is -0.770. The number of nitrogens with one attached hydrogen (secondary N) is 1. The van der Waals surface area contributed by atoms with E-state index in [1.807, 2.05) is 6.92 Å². The van der Waals surface area contributed by atoms with Crippen LogP contribution in [-0.4, -0.2) is 73.3 Å². The van der Waals surface area contributed by atoms with Crippen LogP contribution in [0.1, 0.15) is 52.4 Å². The number of piperidine rings is 2. The van der Waals surface area contributed by atoms with Gasteiger partial charge in [-0.1, -0.05) is 6.42 Å². The minimum absolute atomic E-state index is 0. The molecule has 2 fully saturated rings. The van der Waals surface area contributed by atoms with Crippen LogP contribution in [0.4, 0.5) is 4.79 Å². The summed E-state index contributed by atoms with van der Waals surface area (Å²) in [7, 11) is 0. The second-order valence-electron chi connectivity index (χ2n) is 7.11. The monoisotopic (exact) mass is 481 g/mol. The van der Waals surface area contributed by atoms with Crippen molar-refractivity contribution in [3.63, 3.8) is 0 Å². The normalized spacial score (nSPS) is 21.0. The van der Waals surface area contributed by atoms with E-state index < -0.39 is 0 Å². The number of rotatable bonds is 6. The number of nitrogens with two attached hydrogens (primary N) is 1. The first-order valence-corrected chi connectivity index (χ1v) is 9.82. The first-order chi connectivity index (χ1) is 12.1. The number of guanidine groups is 1. The van der Waals surface area contributed by atoms with E-state index in [0.29, 0.717) is 31.7 Å². The van der Waals surface area contributed by atoms with Gasteiger partial charge in [0.25, 0.3) is 0 Å². The van der Waals surface area contributed by atoms with Crippen LogP contribution in [0.15, 0.2) is 4.99 Å². The molecule has 8 heteroatoms. The van der Waals surface area contributed by atoms with Crippen LogP contribution in [0, 0.1) is 0 Å². The number of halogens is 1. The average molecular weight is 481 g/mol. The highest BCUT2D eigenvalue weighted by atomic mass is 127. The average Bonchev–Trinajstić information content (AvgIpc) is 2.63. The van der Waals surface area contributed by atoms with Crippen LogP contribution >= 0.6 is 24.0 Å². The van der Waals surface area contributed by atoms with Gasteiger partial charge < -0.3 is 25.6 Å². The van der Waals surface area contributed by atoms with Gasteiger partial charge in [0.1, 0.15) is 0 Å². The maximum atomic E-state index is 11.7. The van der Waals surface area contributed by atoms with Crippen LogP contribution in [0.2, 0.25) is 0 Å². The lowest BCUT2D eigenvalue weighted by molar-refractivity contribution is 0.0963. The highest BCUT2D eigenvalue weighted by Gasteiger charge is 2.23. The molecule has 3 N–H and O–H groups in total. The molecule has 152 valence electrons. The lowest BCUT2D eigenvalue weighted by atomic mass is 10.1. The zero-order valence-corrected chi connectivity index (χ0v) is 18.6. The van der Waals surface area contributed by atoms with Crippen molar-refractivity contribution in [1.82, 2.24) is 15.1 Å². The standard InChI is InChI=1S/C18H35N5O2.HI/c1-3-25-18(24)23-13-8-16(9-14-23)21-17(19)20-10-7-15(2)22-11-5-4-6-12-22;/h15-16H,3-14H2,1-2H3,(H3,19,20,21);1H. The Morgan fingerprint density at radius 3 is 2.50 bits per heavy atom. The molecule has 0 bridgehead atoms. The maximum absolute atomic E-state index is 11.7. The minimum atomic E-state index is -0.214. The van der Waals surface area contributed by atoms with Gasteiger partial charge >= 0.3 is 6.09 Å². The molecule has 1 amide bonds. The molecule has 1 atom stereocenters. The molecular formula is C18H36IN5O2. The van der Waals surface area contributed by atoms with Gasteiger partial charge in [0, 0.05) is 31.7 Å². The number of hydrogen-bond donors (Lipinski definition) is 2. The third-order valence-corrected chi connectivity index (χ3v) is 5.22. The molecule has 2 aliphatic heterocycles. The molecule has 2 rings (SSSR count). The number of ether oxygens (including phenoxy) is 1. The van der Waals surface area contributed by atoms with E-state index in [1.54, 1.807) is 4.90 Å². The molecule has 0 aromatic carbocycles. The Balaban J connectivity index is 0.00000338. The first kappa shape index (κ1) is 23.3. The number of amides is 1. The van der Waals surface area contributed by atoms with Crippen molar-refractivity contribution in [3.8, 4) is 0 Å². The molecule has 0 saturated carbocycles. The van der Waals surface area contributed by atoms with Crippen molar-refractivity contribution in [2.75, 3.05) is 39.3 Å². The third-order valence-electron chi connectivity index (χ3n) is 5.22. The fourth-order valence-electron chi connectivity index (χ4n) is 3.59. The predicted octanol–water partition coefficient (Wildman–Crippen LogP) is 2.39. The second kappa shape index (κ2) is 12.6. The minimum Gasteiger partial charge on any atom is -0.450 e. The molecule has 0 aromatic heterocycles. The van der Waals surface area contributed by atoms with Gasteiger partial charge in [0.2, 0.25) is 0 Å². The van der Waals surface area contributed by atoms with E-state index in [1.165, 1.54) is 32.4 Å². The molecule has 0 spiro atoms. The Morgan fingerprint density at radius 2 is 1.88 bits per heavy atom. The summed E-state index contributed by atoms with van der Waals surface area (Å²) in [5.41, 5.74) is 6.03. The Bertz CT molecular complexity index is 435. The highest BCUT2D eigenvalue weighted by Crippen LogP contribution is 2.14. The number of hydrogen-bond acceptors (Lipinski definition) is 4. The smallest absolute Gasteiger partial charge is 0.409 e. The molecule has 26 heavy (non-hydrogen) atoms. The Kier molecular flexibility index (Phi) is 11.3. The number of aliphatic imine (C=N–C) groups is 1. The topological polar surface area (TPSA) is 83.2 Å². The highest BCUT2D eigenvalue weighted by molar-refractivity contribution is 14.0. The summed E-state index contributed by atoms with van der Waals surface area (Å²) in [6.07, 6.45) is 6.59. The fraction of sp³-hybridized carbons (Fsp3) is 0.889. The largest absolute Gasteiger partial charge is 0.450 e. The van der Waals surface area contributed by atoms with Crippen molar-refractivity contribution < 1.29 is 9.53 Å². The van der Waals surface area contributed by atoms with E-state index >= 15 is 0 Å². The van der Waals surface area contributed by atoms with E-state index in [-0.39, 0.29) is 36.1 Å². The van der Waals surface area contributed by atoms with Crippen molar-refractivity contribution in [2.24, 2.45) is 10.7 Å². The van der Waals surface area contributed by atoms with Gasteiger partial charge in [0.05, 0.1) is 6.61 Å². The quantitative estimate of drug-likeness (QED) is 0.346. The van der Waals surface area contributed by atoms with Crippen molar-refractivity contribution in [3.05, 3.63) is 0 Å². The van der Waals surface area contributed by atoms with E-state index in [2.05, 4.69) is 22.1 Å². The molecule has 2 saturated heterocycles. The zero-order valence-electron chi connectivity index (χ0n) is 16.3. The van der Waals surface area contributed by atoms with Gasteiger partial charge in [-0.05, 0) is 59.0 Å². The van der Waals surface area contributed by atoms with Gasteiger partial charge in [-0.15, -0.1) is 24.0 Å². The molecule has 0 aliphatic carbocycles. The molecular weight excluding hydrogens is 445 g/mol. The molecule has 0 aromatic rings. The summed E-state index contributed by atoms with van der Waals surface area (Å²) in [4.78, 5) is 20.5. The van der Waals surface area contributed by atoms with Crippen LogP contribution in [0.25, 0.3) is 0 Å². The van der Waals surface area contributed by atoms with Crippen LogP contribution < -0.4 is 11.1 Å². The summed E-state index contributed by atoms with van der Waals surface area (Å²) in [6.45, 7) is 9.15. The molecule has 0 radical (unpaired) electrons. The lowest BCUT2D eigenvalue weighted by Gasteiger charge is -2.32. The van der Waals surface area contributed by atoms with Crippen LogP contribution in [-0.2, 0) is 4.74 Å². The van der Waals surface area contributed by atoms with E-state index in [4.69, 9.17) is 10.5 Å². The van der Waals surface area contributed by atoms with Gasteiger partial charge in [0.15, 0.2) is 5.96 Å². The van der Waals surface area contributed by atoms with E-state index in [0.717, 1.165) is 25.8 Å². The van der Waals surface area contributed by atoms with Gasteiger partial charge in [-0.25, -0.2) is 4.79 Å². The van der Waals surface area contributed by atoms with Crippen molar-refractivity contribution >= 4 is 36.0 Å². The summed E-state index contributed by atoms with van der Waals surface area (Å²) < 4.78 is 5.04. The molecule has 2 heterocycles. The van der Waals surface area contributed by atoms with Gasteiger partial charge in [-0.2, -0.15) is 0 Å². The van der Waals surface area contributed by atoms with Gasteiger partial charge in [-0.3, -0.25) is 4.99 Å². The fourth-order valence-corrected chi connectivity index (χ4v) is 3.59. The molecule has 2 aliphatic rings. The number of likely N-dealkylation sites (tertiary alicyclic amines) is 2. The lowest BCUT2D eigenvalue weighted by Crippen LogP contribution is -2.48. The molecule has 1 unspecified atom stereocenters. The van der Waals surface area contributed by atoms with Crippen LogP contribution in [0.5, 0.6) is 0 Å². The third kappa shape index (κ3) is 7.85. The molecule has 7 nitrogen and oxygen atoms in total. The maximum Gasteiger partial charge on any atom is 0.409 e. The van der Waals surface area contributed by atoms with E-state index in [9.17, 15) is 4.79 Å². The van der Waals surface area contributed by atoms with Crippen molar-refractivity contribution in [1.29, 1.82) is 0 Å². The summed E-state index contributed by atoms with van der Waals surface area (Å²) in [6, 6.07) is 0.860. The number of carbonyl (C=O) groups is 1. The summed E-state index contributed by atoms with van der Waals surface area (Å²) in [5.74, 6) is 0.528. The van der Waals surface area contributed by atoms with Crippen molar-refractivity contribution in [2.45, 2.75) is 64.5 Å². The second-order valence-corrected chi connectivity index (χ2v) is 7.11.